The first-order valence-corrected chi connectivity index (χ1v) is 7.10. The van der Waals surface area contributed by atoms with Crippen LogP contribution in [0.5, 0.6) is 11.5 Å². The molecule has 0 aliphatic carbocycles. The van der Waals surface area contributed by atoms with Gasteiger partial charge in [-0.25, -0.2) is 4.98 Å². The molecule has 0 radical (unpaired) electrons. The second kappa shape index (κ2) is 7.47. The molecule has 23 heavy (non-hydrogen) atoms. The number of aromatic nitrogens is 1. The molecule has 1 aromatic carbocycles. The van der Waals surface area contributed by atoms with Gasteiger partial charge in [0.05, 0.1) is 25.9 Å². The molecule has 0 spiro atoms. The smallest absolute Gasteiger partial charge is 0.144 e. The molecule has 0 aliphatic rings. The lowest BCUT2D eigenvalue weighted by atomic mass is 10.1. The summed E-state index contributed by atoms with van der Waals surface area (Å²) in [6, 6.07) is 10.8. The predicted molar refractivity (Wildman–Crippen MR) is 86.7 cm³/mol. The summed E-state index contributed by atoms with van der Waals surface area (Å²) in [5, 5.41) is 22.6. The van der Waals surface area contributed by atoms with Gasteiger partial charge in [-0.1, -0.05) is 0 Å². The van der Waals surface area contributed by atoms with Crippen LogP contribution in [0.3, 0.4) is 0 Å². The number of ether oxygens (including phenoxy) is 2. The number of nitrogens with zero attached hydrogens (tertiary/aromatic N) is 2. The fraction of sp³-hybridized carbons (Fsp3) is 0.294. The molecule has 1 unspecified atom stereocenters. The number of anilines is 1. The number of nitrogens with one attached hydrogen (secondary N) is 1. The van der Waals surface area contributed by atoms with Gasteiger partial charge < -0.3 is 19.9 Å². The molecule has 0 aliphatic heterocycles. The van der Waals surface area contributed by atoms with E-state index in [1.807, 2.05) is 6.92 Å². The average Bonchev–Trinajstić information content (AvgIpc) is 2.59. The predicted octanol–water partition coefficient (Wildman–Crippen LogP) is 2.42. The van der Waals surface area contributed by atoms with Crippen molar-refractivity contribution in [1.29, 1.82) is 5.26 Å². The number of pyridine rings is 1. The Morgan fingerprint density at radius 2 is 2.04 bits per heavy atom. The molecule has 0 amide bonds. The van der Waals surface area contributed by atoms with Gasteiger partial charge in [-0.3, -0.25) is 0 Å². The number of nitriles is 1. The zero-order chi connectivity index (χ0) is 16.8. The van der Waals surface area contributed by atoms with E-state index in [2.05, 4.69) is 16.4 Å². The fourth-order valence-electron chi connectivity index (χ4n) is 2.18. The minimum Gasteiger partial charge on any atom is -0.497 e. The number of methoxy groups -OCH3 is 2. The van der Waals surface area contributed by atoms with Crippen LogP contribution < -0.4 is 14.8 Å². The normalized spacial score (nSPS) is 11.4. The lowest BCUT2D eigenvalue weighted by molar-refractivity contribution is 0.186. The van der Waals surface area contributed by atoms with Gasteiger partial charge in [0, 0.05) is 17.8 Å². The first kappa shape index (κ1) is 16.6. The van der Waals surface area contributed by atoms with E-state index in [9.17, 15) is 5.11 Å². The van der Waals surface area contributed by atoms with Gasteiger partial charge in [-0.2, -0.15) is 5.26 Å². The number of hydrogen-bond acceptors (Lipinski definition) is 6. The summed E-state index contributed by atoms with van der Waals surface area (Å²) in [6.07, 6.45) is -0.839. The van der Waals surface area contributed by atoms with E-state index < -0.39 is 6.10 Å². The number of aliphatic hydroxyl groups excluding tert-OH is 1. The Hall–Kier alpha value is -2.78. The molecule has 0 saturated carbocycles. The molecule has 0 saturated heterocycles. The number of rotatable bonds is 6. The largest absolute Gasteiger partial charge is 0.497 e. The quantitative estimate of drug-likeness (QED) is 0.851. The Morgan fingerprint density at radius 1 is 1.26 bits per heavy atom. The zero-order valence-corrected chi connectivity index (χ0v) is 13.3. The van der Waals surface area contributed by atoms with Crippen molar-refractivity contribution in [2.75, 3.05) is 26.1 Å². The van der Waals surface area contributed by atoms with E-state index >= 15 is 0 Å². The van der Waals surface area contributed by atoms with Crippen molar-refractivity contribution in [2.24, 2.45) is 0 Å². The molecule has 2 aromatic rings. The van der Waals surface area contributed by atoms with E-state index in [4.69, 9.17) is 14.7 Å². The van der Waals surface area contributed by atoms with Crippen molar-refractivity contribution in [3.05, 3.63) is 47.2 Å². The summed E-state index contributed by atoms with van der Waals surface area (Å²) in [5.41, 5.74) is 1.82. The Labute approximate surface area is 135 Å². The van der Waals surface area contributed by atoms with Crippen LogP contribution in [0.4, 0.5) is 5.82 Å². The minimum atomic E-state index is -0.839. The second-order valence-electron chi connectivity index (χ2n) is 4.97. The maximum Gasteiger partial charge on any atom is 0.144 e. The van der Waals surface area contributed by atoms with Gasteiger partial charge in [-0.15, -0.1) is 0 Å². The van der Waals surface area contributed by atoms with Crippen LogP contribution in [0.2, 0.25) is 0 Å². The number of benzene rings is 1. The Morgan fingerprint density at radius 3 is 2.70 bits per heavy atom. The molecular weight excluding hydrogens is 294 g/mol. The number of hydrogen-bond donors (Lipinski definition) is 2. The van der Waals surface area contributed by atoms with Crippen molar-refractivity contribution in [1.82, 2.24) is 4.98 Å². The summed E-state index contributed by atoms with van der Waals surface area (Å²) < 4.78 is 10.4. The summed E-state index contributed by atoms with van der Waals surface area (Å²) in [6.45, 7) is 2.03. The van der Waals surface area contributed by atoms with Crippen molar-refractivity contribution in [3.8, 4) is 17.6 Å². The molecule has 0 bridgehead atoms. The van der Waals surface area contributed by atoms with Gasteiger partial charge in [0.2, 0.25) is 0 Å². The molecular formula is C17H19N3O3. The molecule has 6 nitrogen and oxygen atoms in total. The third-order valence-electron chi connectivity index (χ3n) is 3.41. The highest BCUT2D eigenvalue weighted by atomic mass is 16.5. The van der Waals surface area contributed by atoms with Crippen molar-refractivity contribution in [3.63, 3.8) is 0 Å². The van der Waals surface area contributed by atoms with Crippen molar-refractivity contribution >= 4 is 5.82 Å². The minimum absolute atomic E-state index is 0.189. The van der Waals surface area contributed by atoms with Crippen LogP contribution in [0.15, 0.2) is 30.3 Å². The molecule has 6 heteroatoms. The van der Waals surface area contributed by atoms with Gasteiger partial charge >= 0.3 is 0 Å². The van der Waals surface area contributed by atoms with Crippen LogP contribution in [-0.2, 0) is 0 Å². The summed E-state index contributed by atoms with van der Waals surface area (Å²) in [4.78, 5) is 4.29. The van der Waals surface area contributed by atoms with Crippen LogP contribution in [0.1, 0.15) is 22.9 Å². The standard InChI is InChI=1S/C17H19N3O3/c1-11-4-5-12(9-18)17(20-11)19-10-15(21)14-8-13(22-2)6-7-16(14)23-3/h4-8,15,21H,10H2,1-3H3,(H,19,20). The lowest BCUT2D eigenvalue weighted by Gasteiger charge is -2.17. The number of aryl methyl sites for hydroxylation is 1. The van der Waals surface area contributed by atoms with Gasteiger partial charge in [0.25, 0.3) is 0 Å². The first-order valence-electron chi connectivity index (χ1n) is 7.10. The van der Waals surface area contributed by atoms with Crippen LogP contribution in [0, 0.1) is 18.3 Å². The summed E-state index contributed by atoms with van der Waals surface area (Å²) in [7, 11) is 3.10. The van der Waals surface area contributed by atoms with E-state index in [-0.39, 0.29) is 6.54 Å². The van der Waals surface area contributed by atoms with E-state index in [0.717, 1.165) is 5.69 Å². The highest BCUT2D eigenvalue weighted by molar-refractivity contribution is 5.52. The summed E-state index contributed by atoms with van der Waals surface area (Å²) in [5.74, 6) is 1.65. The summed E-state index contributed by atoms with van der Waals surface area (Å²) >= 11 is 0. The number of aliphatic hydroxyl groups is 1. The van der Waals surface area contributed by atoms with E-state index in [1.165, 1.54) is 0 Å². The second-order valence-corrected chi connectivity index (χ2v) is 4.97. The van der Waals surface area contributed by atoms with Crippen LogP contribution in [0.25, 0.3) is 0 Å². The van der Waals surface area contributed by atoms with E-state index in [1.54, 1.807) is 44.6 Å². The molecule has 120 valence electrons. The molecule has 1 aromatic heterocycles. The van der Waals surface area contributed by atoms with Gasteiger partial charge in [0.1, 0.15) is 23.4 Å². The van der Waals surface area contributed by atoms with Crippen LogP contribution in [-0.4, -0.2) is 30.9 Å². The van der Waals surface area contributed by atoms with Crippen molar-refractivity contribution in [2.45, 2.75) is 13.0 Å². The van der Waals surface area contributed by atoms with Gasteiger partial charge in [0.15, 0.2) is 0 Å². The highest BCUT2D eigenvalue weighted by Gasteiger charge is 2.15. The van der Waals surface area contributed by atoms with E-state index in [0.29, 0.717) is 28.4 Å². The lowest BCUT2D eigenvalue weighted by Crippen LogP contribution is -2.15. The molecule has 2 N–H and O–H groups in total. The third-order valence-corrected chi connectivity index (χ3v) is 3.41. The SMILES string of the molecule is COc1ccc(OC)c(C(O)CNc2nc(C)ccc2C#N)c1. The Balaban J connectivity index is 2.18. The Bertz CT molecular complexity index is 726. The van der Waals surface area contributed by atoms with Crippen molar-refractivity contribution < 1.29 is 14.6 Å². The Kier molecular flexibility index (Phi) is 5.39. The molecule has 2 rings (SSSR count). The molecule has 1 atom stereocenters. The fourth-order valence-corrected chi connectivity index (χ4v) is 2.18. The highest BCUT2D eigenvalue weighted by Crippen LogP contribution is 2.29. The van der Waals surface area contributed by atoms with Crippen LogP contribution >= 0.6 is 0 Å². The molecule has 1 heterocycles. The maximum absolute atomic E-state index is 10.4. The monoisotopic (exact) mass is 313 g/mol. The topological polar surface area (TPSA) is 87.4 Å². The third kappa shape index (κ3) is 3.90. The maximum atomic E-state index is 10.4. The first-order chi connectivity index (χ1) is 11.1. The zero-order valence-electron chi connectivity index (χ0n) is 13.3. The average molecular weight is 313 g/mol. The van der Waals surface area contributed by atoms with Gasteiger partial charge in [-0.05, 0) is 37.3 Å². The molecule has 0 fully saturated rings.